The van der Waals surface area contributed by atoms with Crippen LogP contribution in [0.5, 0.6) is 0 Å². The first-order valence-electron chi connectivity index (χ1n) is 6.93. The van der Waals surface area contributed by atoms with Gasteiger partial charge in [0.05, 0.1) is 12.2 Å². The van der Waals surface area contributed by atoms with Gasteiger partial charge in [-0.05, 0) is 26.2 Å². The van der Waals surface area contributed by atoms with E-state index in [1.165, 1.54) is 22.0 Å². The normalized spacial score (nSPS) is 21.7. The largest absolute Gasteiger partial charge is 0.311 e. The van der Waals surface area contributed by atoms with Crippen molar-refractivity contribution in [3.63, 3.8) is 0 Å². The summed E-state index contributed by atoms with van der Waals surface area (Å²) >= 11 is 1.85. The summed E-state index contributed by atoms with van der Waals surface area (Å²) in [4.78, 5) is 8.55. The maximum absolute atomic E-state index is 4.65. The highest BCUT2D eigenvalue weighted by molar-refractivity contribution is 7.11. The Hall–Kier alpha value is -0.450. The van der Waals surface area contributed by atoms with Gasteiger partial charge in [0, 0.05) is 30.6 Å². The Morgan fingerprint density at radius 3 is 2.83 bits per heavy atom. The minimum Gasteiger partial charge on any atom is -0.311 e. The smallest absolute Gasteiger partial charge is 0.107 e. The van der Waals surface area contributed by atoms with Crippen LogP contribution in [0.15, 0.2) is 0 Å². The zero-order valence-electron chi connectivity index (χ0n) is 12.0. The molecule has 1 aliphatic rings. The summed E-state index contributed by atoms with van der Waals surface area (Å²) in [6, 6.07) is 0.654. The van der Waals surface area contributed by atoms with Crippen molar-refractivity contribution in [3.8, 4) is 0 Å². The third-order valence-electron chi connectivity index (χ3n) is 3.53. The molecule has 102 valence electrons. The molecular weight excluding hydrogens is 242 g/mol. The van der Waals surface area contributed by atoms with Crippen LogP contribution in [-0.2, 0) is 6.54 Å². The SMILES string of the molecule is Cc1nc(CN2CCNC(CC(C)C)C2)sc1C. The molecule has 0 saturated carbocycles. The Bertz CT molecular complexity index is 367. The van der Waals surface area contributed by atoms with Crippen molar-refractivity contribution in [2.75, 3.05) is 19.6 Å². The van der Waals surface area contributed by atoms with Crippen molar-refractivity contribution in [3.05, 3.63) is 15.6 Å². The van der Waals surface area contributed by atoms with Gasteiger partial charge in [-0.3, -0.25) is 4.90 Å². The van der Waals surface area contributed by atoms with Crippen LogP contribution in [0.2, 0.25) is 0 Å². The van der Waals surface area contributed by atoms with Crippen LogP contribution < -0.4 is 5.32 Å². The zero-order valence-corrected chi connectivity index (χ0v) is 12.8. The third-order valence-corrected chi connectivity index (χ3v) is 4.58. The summed E-state index contributed by atoms with van der Waals surface area (Å²) in [6.45, 7) is 13.3. The van der Waals surface area contributed by atoms with Crippen molar-refractivity contribution < 1.29 is 0 Å². The average molecular weight is 267 g/mol. The van der Waals surface area contributed by atoms with E-state index in [2.05, 4.69) is 42.9 Å². The lowest BCUT2D eigenvalue weighted by atomic mass is 10.0. The Labute approximate surface area is 115 Å². The van der Waals surface area contributed by atoms with E-state index in [-0.39, 0.29) is 0 Å². The number of piperazine rings is 1. The van der Waals surface area contributed by atoms with Gasteiger partial charge < -0.3 is 5.32 Å². The molecule has 1 aromatic heterocycles. The molecular formula is C14H25N3S. The second-order valence-corrected chi connectivity index (χ2v) is 7.05. The number of rotatable bonds is 4. The van der Waals surface area contributed by atoms with Crippen LogP contribution in [0.4, 0.5) is 0 Å². The molecule has 1 N–H and O–H groups in total. The van der Waals surface area contributed by atoms with Crippen molar-refractivity contribution in [1.82, 2.24) is 15.2 Å². The molecule has 1 aliphatic heterocycles. The van der Waals surface area contributed by atoms with E-state index in [1.54, 1.807) is 0 Å². The van der Waals surface area contributed by atoms with E-state index < -0.39 is 0 Å². The van der Waals surface area contributed by atoms with Crippen LogP contribution in [0, 0.1) is 19.8 Å². The maximum atomic E-state index is 4.65. The lowest BCUT2D eigenvalue weighted by Gasteiger charge is -2.34. The Balaban J connectivity index is 1.89. The molecule has 1 aromatic rings. The summed E-state index contributed by atoms with van der Waals surface area (Å²) in [6.07, 6.45) is 1.27. The molecule has 0 bridgehead atoms. The van der Waals surface area contributed by atoms with Gasteiger partial charge in [-0.15, -0.1) is 11.3 Å². The molecule has 0 amide bonds. The second-order valence-electron chi connectivity index (χ2n) is 5.76. The quantitative estimate of drug-likeness (QED) is 0.909. The molecule has 1 atom stereocenters. The molecule has 2 heterocycles. The number of nitrogens with one attached hydrogen (secondary N) is 1. The summed E-state index contributed by atoms with van der Waals surface area (Å²) in [5.74, 6) is 0.770. The fourth-order valence-electron chi connectivity index (χ4n) is 2.56. The first-order chi connectivity index (χ1) is 8.54. The molecule has 0 aliphatic carbocycles. The molecule has 0 aromatic carbocycles. The summed E-state index contributed by atoms with van der Waals surface area (Å²) in [5.41, 5.74) is 1.20. The molecule has 0 spiro atoms. The molecule has 4 heteroatoms. The van der Waals surface area contributed by atoms with Crippen molar-refractivity contribution in [2.45, 2.75) is 46.7 Å². The standard InChI is InChI=1S/C14H25N3S/c1-10(2)7-13-8-17(6-5-15-13)9-14-16-11(3)12(4)18-14/h10,13,15H,5-9H2,1-4H3. The number of nitrogens with zero attached hydrogens (tertiary/aromatic N) is 2. The van der Waals surface area contributed by atoms with E-state index in [9.17, 15) is 0 Å². The number of aromatic nitrogens is 1. The zero-order chi connectivity index (χ0) is 13.1. The lowest BCUT2D eigenvalue weighted by molar-refractivity contribution is 0.179. The molecule has 2 rings (SSSR count). The van der Waals surface area contributed by atoms with Gasteiger partial charge in [0.15, 0.2) is 0 Å². The minimum atomic E-state index is 0.654. The molecule has 18 heavy (non-hydrogen) atoms. The molecule has 0 radical (unpaired) electrons. The van der Waals surface area contributed by atoms with Gasteiger partial charge in [-0.25, -0.2) is 4.98 Å². The number of hydrogen-bond acceptors (Lipinski definition) is 4. The number of aryl methyl sites for hydroxylation is 2. The molecule has 3 nitrogen and oxygen atoms in total. The van der Waals surface area contributed by atoms with E-state index in [0.717, 1.165) is 32.1 Å². The van der Waals surface area contributed by atoms with Gasteiger partial charge in [-0.1, -0.05) is 13.8 Å². The van der Waals surface area contributed by atoms with Crippen LogP contribution >= 0.6 is 11.3 Å². The fraction of sp³-hybridized carbons (Fsp3) is 0.786. The van der Waals surface area contributed by atoms with Gasteiger partial charge in [0.25, 0.3) is 0 Å². The van der Waals surface area contributed by atoms with E-state index in [4.69, 9.17) is 0 Å². The highest BCUT2D eigenvalue weighted by Gasteiger charge is 2.20. The second kappa shape index (κ2) is 6.13. The maximum Gasteiger partial charge on any atom is 0.107 e. The van der Waals surface area contributed by atoms with Gasteiger partial charge in [0.2, 0.25) is 0 Å². The topological polar surface area (TPSA) is 28.2 Å². The summed E-state index contributed by atoms with van der Waals surface area (Å²) in [7, 11) is 0. The first-order valence-corrected chi connectivity index (χ1v) is 7.75. The third kappa shape index (κ3) is 3.77. The Morgan fingerprint density at radius 2 is 2.22 bits per heavy atom. The van der Waals surface area contributed by atoms with E-state index >= 15 is 0 Å². The van der Waals surface area contributed by atoms with Crippen LogP contribution in [0.25, 0.3) is 0 Å². The van der Waals surface area contributed by atoms with Crippen LogP contribution in [-0.4, -0.2) is 35.6 Å². The molecule has 1 unspecified atom stereocenters. The highest BCUT2D eigenvalue weighted by atomic mass is 32.1. The average Bonchev–Trinajstić information content (AvgIpc) is 2.57. The van der Waals surface area contributed by atoms with E-state index in [0.29, 0.717) is 6.04 Å². The molecule has 1 saturated heterocycles. The van der Waals surface area contributed by atoms with Crippen molar-refractivity contribution >= 4 is 11.3 Å². The Morgan fingerprint density at radius 1 is 1.44 bits per heavy atom. The minimum absolute atomic E-state index is 0.654. The van der Waals surface area contributed by atoms with Crippen molar-refractivity contribution in [1.29, 1.82) is 0 Å². The summed E-state index contributed by atoms with van der Waals surface area (Å²) in [5, 5.41) is 4.90. The van der Waals surface area contributed by atoms with Crippen molar-refractivity contribution in [2.24, 2.45) is 5.92 Å². The predicted molar refractivity (Wildman–Crippen MR) is 78.1 cm³/mol. The van der Waals surface area contributed by atoms with Crippen LogP contribution in [0.1, 0.15) is 35.8 Å². The van der Waals surface area contributed by atoms with Gasteiger partial charge >= 0.3 is 0 Å². The summed E-state index contributed by atoms with van der Waals surface area (Å²) < 4.78 is 0. The number of hydrogen-bond donors (Lipinski definition) is 1. The monoisotopic (exact) mass is 267 g/mol. The van der Waals surface area contributed by atoms with E-state index in [1.807, 2.05) is 11.3 Å². The lowest BCUT2D eigenvalue weighted by Crippen LogP contribution is -2.50. The first kappa shape index (κ1) is 14.0. The number of thiazole rings is 1. The van der Waals surface area contributed by atoms with Gasteiger partial charge in [-0.2, -0.15) is 0 Å². The van der Waals surface area contributed by atoms with Crippen LogP contribution in [0.3, 0.4) is 0 Å². The fourth-order valence-corrected chi connectivity index (χ4v) is 3.54. The molecule has 1 fully saturated rings. The predicted octanol–water partition coefficient (Wildman–Crippen LogP) is 2.58. The highest BCUT2D eigenvalue weighted by Crippen LogP contribution is 2.19. The Kier molecular flexibility index (Phi) is 4.76. The van der Waals surface area contributed by atoms with Gasteiger partial charge in [0.1, 0.15) is 5.01 Å².